The lowest BCUT2D eigenvalue weighted by molar-refractivity contribution is -0.161. The standard InChI is InChI=1S/C41H80NO8P/c1-3-5-7-9-11-12-13-14-15-16-17-18-19-20-21-22-23-24-25-26-28-30-32-34-41(44)50-39(38-49-51(45,46)48-36-35-42)37-47-40(43)33-31-29-27-10-8-6-4-2/h16-17,39H,3-15,18-38,42H2,1-2H3,(H,45,46)/b17-16-. The van der Waals surface area contributed by atoms with E-state index >= 15 is 0 Å². The van der Waals surface area contributed by atoms with Gasteiger partial charge in [0, 0.05) is 19.4 Å². The lowest BCUT2D eigenvalue weighted by Gasteiger charge is -2.19. The van der Waals surface area contributed by atoms with Crippen LogP contribution in [-0.4, -0.2) is 49.3 Å². The van der Waals surface area contributed by atoms with Crippen molar-refractivity contribution in [1.82, 2.24) is 0 Å². The first kappa shape index (κ1) is 49.8. The molecule has 10 heteroatoms. The normalized spacial score (nSPS) is 13.4. The summed E-state index contributed by atoms with van der Waals surface area (Å²) in [6.45, 7) is 3.70. The average Bonchev–Trinajstić information content (AvgIpc) is 3.11. The first-order chi connectivity index (χ1) is 24.8. The van der Waals surface area contributed by atoms with Gasteiger partial charge < -0.3 is 20.1 Å². The molecular weight excluding hydrogens is 665 g/mol. The number of carbonyl (C=O) groups is 2. The smallest absolute Gasteiger partial charge is 0.462 e. The summed E-state index contributed by atoms with van der Waals surface area (Å²) in [5.74, 6) is -0.829. The molecule has 0 aromatic rings. The minimum Gasteiger partial charge on any atom is -0.462 e. The van der Waals surface area contributed by atoms with Crippen LogP contribution in [0.15, 0.2) is 12.2 Å². The average molecular weight is 746 g/mol. The third-order valence-electron chi connectivity index (χ3n) is 9.15. The molecule has 51 heavy (non-hydrogen) atoms. The van der Waals surface area contributed by atoms with Gasteiger partial charge in [0.15, 0.2) is 6.10 Å². The zero-order chi connectivity index (χ0) is 37.5. The number of hydrogen-bond donors (Lipinski definition) is 2. The molecule has 0 radical (unpaired) electrons. The number of carbonyl (C=O) groups excluding carboxylic acids is 2. The molecule has 0 rings (SSSR count). The second kappa shape index (κ2) is 38.5. The van der Waals surface area contributed by atoms with Crippen molar-refractivity contribution >= 4 is 19.8 Å². The zero-order valence-corrected chi connectivity index (χ0v) is 34.0. The van der Waals surface area contributed by atoms with Crippen LogP contribution in [0.3, 0.4) is 0 Å². The van der Waals surface area contributed by atoms with Gasteiger partial charge in [-0.1, -0.05) is 167 Å². The first-order valence-electron chi connectivity index (χ1n) is 21.2. The van der Waals surface area contributed by atoms with Gasteiger partial charge in [-0.25, -0.2) is 4.57 Å². The van der Waals surface area contributed by atoms with Crippen molar-refractivity contribution in [1.29, 1.82) is 0 Å². The number of rotatable bonds is 40. The SMILES string of the molecule is CCCCCCCCCC/C=C\CCCCCCCCCCCCCC(=O)OC(COC(=O)CCCCCCCCC)COP(=O)(O)OCCN. The van der Waals surface area contributed by atoms with Crippen LogP contribution in [0.4, 0.5) is 0 Å². The Hall–Kier alpha value is -1.25. The molecule has 9 nitrogen and oxygen atoms in total. The van der Waals surface area contributed by atoms with E-state index in [4.69, 9.17) is 24.3 Å². The third-order valence-corrected chi connectivity index (χ3v) is 10.1. The molecule has 0 saturated carbocycles. The second-order valence-corrected chi connectivity index (χ2v) is 15.7. The summed E-state index contributed by atoms with van der Waals surface area (Å²) in [4.78, 5) is 34.6. The maximum Gasteiger partial charge on any atom is 0.472 e. The van der Waals surface area contributed by atoms with Gasteiger partial charge in [-0.15, -0.1) is 0 Å². The highest BCUT2D eigenvalue weighted by molar-refractivity contribution is 7.47. The number of esters is 2. The van der Waals surface area contributed by atoms with E-state index < -0.39 is 26.5 Å². The van der Waals surface area contributed by atoms with E-state index in [1.54, 1.807) is 0 Å². The van der Waals surface area contributed by atoms with Crippen LogP contribution < -0.4 is 5.73 Å². The summed E-state index contributed by atoms with van der Waals surface area (Å²) in [7, 11) is -4.36. The van der Waals surface area contributed by atoms with Gasteiger partial charge in [-0.2, -0.15) is 0 Å². The van der Waals surface area contributed by atoms with Crippen LogP contribution in [-0.2, 0) is 32.7 Å². The Bertz CT molecular complexity index is 856. The Labute approximate surface area is 313 Å². The molecule has 0 saturated heterocycles. The predicted molar refractivity (Wildman–Crippen MR) is 211 cm³/mol. The summed E-state index contributed by atoms with van der Waals surface area (Å²) < 4.78 is 32.6. The monoisotopic (exact) mass is 746 g/mol. The molecule has 0 amide bonds. The van der Waals surface area contributed by atoms with Gasteiger partial charge >= 0.3 is 19.8 Å². The number of unbranched alkanes of at least 4 members (excludes halogenated alkanes) is 25. The number of nitrogens with two attached hydrogens (primary N) is 1. The number of phosphoric acid groups is 1. The van der Waals surface area contributed by atoms with Crippen molar-refractivity contribution in [2.24, 2.45) is 5.73 Å². The van der Waals surface area contributed by atoms with E-state index in [0.717, 1.165) is 32.1 Å². The van der Waals surface area contributed by atoms with Crippen LogP contribution in [0.1, 0.15) is 206 Å². The minimum atomic E-state index is -4.36. The van der Waals surface area contributed by atoms with Crippen molar-refractivity contribution in [3.05, 3.63) is 12.2 Å². The number of allylic oxidation sites excluding steroid dienone is 2. The Morgan fingerprint density at radius 2 is 0.961 bits per heavy atom. The minimum absolute atomic E-state index is 0.0558. The molecule has 302 valence electrons. The molecule has 0 bridgehead atoms. The largest absolute Gasteiger partial charge is 0.472 e. The van der Waals surface area contributed by atoms with Crippen molar-refractivity contribution in [2.75, 3.05) is 26.4 Å². The Morgan fingerprint density at radius 1 is 0.569 bits per heavy atom. The van der Waals surface area contributed by atoms with E-state index in [0.29, 0.717) is 6.42 Å². The first-order valence-corrected chi connectivity index (χ1v) is 22.7. The fraction of sp³-hybridized carbons (Fsp3) is 0.902. The molecule has 3 N–H and O–H groups in total. The lowest BCUT2D eigenvalue weighted by atomic mass is 10.0. The van der Waals surface area contributed by atoms with Crippen LogP contribution in [0.25, 0.3) is 0 Å². The van der Waals surface area contributed by atoms with Crippen LogP contribution in [0, 0.1) is 0 Å². The summed E-state index contributed by atoms with van der Waals surface area (Å²) >= 11 is 0. The van der Waals surface area contributed by atoms with Gasteiger partial charge in [-0.3, -0.25) is 18.6 Å². The highest BCUT2D eigenvalue weighted by Crippen LogP contribution is 2.43. The molecule has 0 heterocycles. The molecule has 0 fully saturated rings. The second-order valence-electron chi connectivity index (χ2n) is 14.2. The predicted octanol–water partition coefficient (Wildman–Crippen LogP) is 11.8. The van der Waals surface area contributed by atoms with Crippen molar-refractivity contribution in [3.8, 4) is 0 Å². The molecule has 2 atom stereocenters. The fourth-order valence-corrected chi connectivity index (χ4v) is 6.75. The molecule has 0 aliphatic heterocycles. The molecule has 0 aliphatic rings. The Morgan fingerprint density at radius 3 is 1.39 bits per heavy atom. The van der Waals surface area contributed by atoms with Gasteiger partial charge in [-0.05, 0) is 38.5 Å². The Kier molecular flexibility index (Phi) is 37.5. The van der Waals surface area contributed by atoms with E-state index in [9.17, 15) is 19.0 Å². The van der Waals surface area contributed by atoms with Crippen LogP contribution >= 0.6 is 7.82 Å². The number of ether oxygens (including phenoxy) is 2. The number of hydrogen-bond acceptors (Lipinski definition) is 8. The van der Waals surface area contributed by atoms with E-state index in [1.807, 2.05) is 0 Å². The number of phosphoric ester groups is 1. The third kappa shape index (κ3) is 38.3. The van der Waals surface area contributed by atoms with Gasteiger partial charge in [0.05, 0.1) is 13.2 Å². The molecule has 0 spiro atoms. The Balaban J connectivity index is 3.96. The van der Waals surface area contributed by atoms with Gasteiger partial charge in [0.1, 0.15) is 6.61 Å². The van der Waals surface area contributed by atoms with E-state index in [-0.39, 0.29) is 38.6 Å². The van der Waals surface area contributed by atoms with Gasteiger partial charge in [0.25, 0.3) is 0 Å². The summed E-state index contributed by atoms with van der Waals surface area (Å²) in [5.41, 5.74) is 5.33. The topological polar surface area (TPSA) is 134 Å². The highest BCUT2D eigenvalue weighted by atomic mass is 31.2. The summed E-state index contributed by atoms with van der Waals surface area (Å²) in [6.07, 6.45) is 38.4. The quantitative estimate of drug-likeness (QED) is 0.0272. The molecule has 0 aromatic heterocycles. The summed E-state index contributed by atoms with van der Waals surface area (Å²) in [5, 5.41) is 0. The summed E-state index contributed by atoms with van der Waals surface area (Å²) in [6, 6.07) is 0. The molecule has 2 unspecified atom stereocenters. The van der Waals surface area contributed by atoms with Crippen molar-refractivity contribution in [3.63, 3.8) is 0 Å². The van der Waals surface area contributed by atoms with Gasteiger partial charge in [0.2, 0.25) is 0 Å². The maximum atomic E-state index is 12.5. The van der Waals surface area contributed by atoms with E-state index in [1.165, 1.54) is 141 Å². The highest BCUT2D eigenvalue weighted by Gasteiger charge is 2.26. The molecule has 0 aliphatic carbocycles. The van der Waals surface area contributed by atoms with Crippen molar-refractivity contribution < 1.29 is 37.6 Å². The lowest BCUT2D eigenvalue weighted by Crippen LogP contribution is -2.29. The zero-order valence-electron chi connectivity index (χ0n) is 33.1. The van der Waals surface area contributed by atoms with Crippen LogP contribution in [0.5, 0.6) is 0 Å². The van der Waals surface area contributed by atoms with Crippen LogP contribution in [0.2, 0.25) is 0 Å². The molecule has 0 aromatic carbocycles. The van der Waals surface area contributed by atoms with Crippen molar-refractivity contribution in [2.45, 2.75) is 213 Å². The fourth-order valence-electron chi connectivity index (χ4n) is 5.98. The molecular formula is C41H80NO8P. The van der Waals surface area contributed by atoms with E-state index in [2.05, 4.69) is 26.0 Å². The maximum absolute atomic E-state index is 12.5.